The molecule has 1 aliphatic rings. The molecule has 3 rings (SSSR count). The van der Waals surface area contributed by atoms with Crippen molar-refractivity contribution in [1.82, 2.24) is 5.32 Å². The summed E-state index contributed by atoms with van der Waals surface area (Å²) in [6, 6.07) is 10.8. The summed E-state index contributed by atoms with van der Waals surface area (Å²) < 4.78 is 6.79. The van der Waals surface area contributed by atoms with Crippen molar-refractivity contribution in [2.75, 3.05) is 19.8 Å². The third kappa shape index (κ3) is 3.04. The lowest BCUT2D eigenvalue weighted by molar-refractivity contribution is 0.0268. The molecule has 0 saturated carbocycles. The maximum atomic E-state index is 9.32. The van der Waals surface area contributed by atoms with Crippen LogP contribution in [0.2, 0.25) is 0 Å². The van der Waals surface area contributed by atoms with E-state index < -0.39 is 0 Å². The molecule has 0 spiro atoms. The highest BCUT2D eigenvalue weighted by molar-refractivity contribution is 7.19. The van der Waals surface area contributed by atoms with Gasteiger partial charge in [-0.1, -0.05) is 18.2 Å². The lowest BCUT2D eigenvalue weighted by atomic mass is 9.87. The number of benzene rings is 1. The van der Waals surface area contributed by atoms with Gasteiger partial charge >= 0.3 is 0 Å². The Morgan fingerprint density at radius 2 is 2.05 bits per heavy atom. The number of ether oxygens (including phenoxy) is 1. The highest BCUT2D eigenvalue weighted by atomic mass is 32.1. The lowest BCUT2D eigenvalue weighted by Crippen LogP contribution is -2.49. The standard InChI is InChI=1S/C16H21NO2S/c18-8-5-16(6-9-19-10-7-16)17-12-14-11-13-3-1-2-4-15(13)20-14/h1-4,11,17-18H,5-10,12H2. The van der Waals surface area contributed by atoms with Crippen LogP contribution in [0.4, 0.5) is 0 Å². The van der Waals surface area contributed by atoms with Gasteiger partial charge in [-0.25, -0.2) is 0 Å². The summed E-state index contributed by atoms with van der Waals surface area (Å²) in [6.45, 7) is 2.69. The van der Waals surface area contributed by atoms with E-state index in [1.807, 2.05) is 11.3 Å². The molecule has 3 nitrogen and oxygen atoms in total. The molecule has 1 fully saturated rings. The van der Waals surface area contributed by atoms with Crippen LogP contribution >= 0.6 is 11.3 Å². The van der Waals surface area contributed by atoms with E-state index in [4.69, 9.17) is 4.74 Å². The Morgan fingerprint density at radius 1 is 1.25 bits per heavy atom. The monoisotopic (exact) mass is 291 g/mol. The summed E-state index contributed by atoms with van der Waals surface area (Å²) in [5.74, 6) is 0. The Hall–Kier alpha value is -0.940. The number of fused-ring (bicyclic) bond motifs is 1. The molecule has 20 heavy (non-hydrogen) atoms. The second-order valence-electron chi connectivity index (χ2n) is 5.47. The predicted octanol–water partition coefficient (Wildman–Crippen LogP) is 2.92. The SMILES string of the molecule is OCCC1(NCc2cc3ccccc3s2)CCOCC1. The van der Waals surface area contributed by atoms with Crippen LogP contribution in [0.1, 0.15) is 24.1 Å². The van der Waals surface area contributed by atoms with E-state index in [1.165, 1.54) is 15.0 Å². The van der Waals surface area contributed by atoms with Gasteiger partial charge in [0.2, 0.25) is 0 Å². The van der Waals surface area contributed by atoms with Gasteiger partial charge in [0.05, 0.1) is 0 Å². The summed E-state index contributed by atoms with van der Waals surface area (Å²) in [5, 5.41) is 14.3. The molecule has 2 heterocycles. The highest BCUT2D eigenvalue weighted by Gasteiger charge is 2.31. The molecule has 0 radical (unpaired) electrons. The number of nitrogens with one attached hydrogen (secondary N) is 1. The van der Waals surface area contributed by atoms with Crippen molar-refractivity contribution in [3.63, 3.8) is 0 Å². The molecule has 0 unspecified atom stereocenters. The van der Waals surface area contributed by atoms with E-state index in [2.05, 4.69) is 35.6 Å². The molecule has 1 aromatic carbocycles. The van der Waals surface area contributed by atoms with Gasteiger partial charge in [0.25, 0.3) is 0 Å². The number of thiophene rings is 1. The minimum atomic E-state index is 0.0448. The zero-order valence-electron chi connectivity index (χ0n) is 11.6. The van der Waals surface area contributed by atoms with Gasteiger partial charge in [0, 0.05) is 41.5 Å². The van der Waals surface area contributed by atoms with Crippen LogP contribution < -0.4 is 5.32 Å². The van der Waals surface area contributed by atoms with Gasteiger partial charge in [0.1, 0.15) is 0 Å². The van der Waals surface area contributed by atoms with Crippen LogP contribution in [0.15, 0.2) is 30.3 Å². The first-order valence-electron chi connectivity index (χ1n) is 7.22. The van der Waals surface area contributed by atoms with E-state index >= 15 is 0 Å². The normalized spacial score (nSPS) is 18.4. The Bertz CT molecular complexity index is 522. The van der Waals surface area contributed by atoms with E-state index in [0.29, 0.717) is 0 Å². The van der Waals surface area contributed by atoms with Crippen molar-refractivity contribution in [2.24, 2.45) is 0 Å². The maximum absolute atomic E-state index is 9.32. The van der Waals surface area contributed by atoms with Crippen molar-refractivity contribution in [3.05, 3.63) is 35.2 Å². The zero-order chi connectivity index (χ0) is 13.8. The highest BCUT2D eigenvalue weighted by Crippen LogP contribution is 2.28. The molecule has 1 saturated heterocycles. The predicted molar refractivity (Wildman–Crippen MR) is 83.2 cm³/mol. The third-order valence-electron chi connectivity index (χ3n) is 4.15. The van der Waals surface area contributed by atoms with E-state index in [0.717, 1.165) is 39.0 Å². The van der Waals surface area contributed by atoms with Crippen LogP contribution in [-0.2, 0) is 11.3 Å². The van der Waals surface area contributed by atoms with Crippen LogP contribution in [0.3, 0.4) is 0 Å². The van der Waals surface area contributed by atoms with Crippen molar-refractivity contribution in [3.8, 4) is 0 Å². The summed E-state index contributed by atoms with van der Waals surface area (Å²) in [4.78, 5) is 1.36. The average Bonchev–Trinajstić information content (AvgIpc) is 2.89. The quantitative estimate of drug-likeness (QED) is 0.890. The van der Waals surface area contributed by atoms with Gasteiger partial charge in [-0.3, -0.25) is 0 Å². The molecule has 0 amide bonds. The number of aliphatic hydroxyl groups excluding tert-OH is 1. The van der Waals surface area contributed by atoms with Gasteiger partial charge in [0.15, 0.2) is 0 Å². The fourth-order valence-corrected chi connectivity index (χ4v) is 3.89. The number of hydrogen-bond donors (Lipinski definition) is 2. The third-order valence-corrected chi connectivity index (χ3v) is 5.27. The first-order chi connectivity index (χ1) is 9.81. The van der Waals surface area contributed by atoms with E-state index in [1.54, 1.807) is 0 Å². The summed E-state index contributed by atoms with van der Waals surface area (Å²) in [7, 11) is 0. The number of hydrogen-bond acceptors (Lipinski definition) is 4. The zero-order valence-corrected chi connectivity index (χ0v) is 12.4. The lowest BCUT2D eigenvalue weighted by Gasteiger charge is -2.37. The number of aliphatic hydroxyl groups is 1. The van der Waals surface area contributed by atoms with Crippen LogP contribution in [0.5, 0.6) is 0 Å². The van der Waals surface area contributed by atoms with Crippen molar-refractivity contribution >= 4 is 21.4 Å². The largest absolute Gasteiger partial charge is 0.396 e. The Labute approximate surface area is 123 Å². The van der Waals surface area contributed by atoms with Gasteiger partial charge in [-0.15, -0.1) is 11.3 Å². The van der Waals surface area contributed by atoms with Gasteiger partial charge in [-0.2, -0.15) is 0 Å². The molecule has 0 atom stereocenters. The molecule has 4 heteroatoms. The van der Waals surface area contributed by atoms with Crippen molar-refractivity contribution in [1.29, 1.82) is 0 Å². The molecule has 0 aliphatic carbocycles. The molecular formula is C16H21NO2S. The maximum Gasteiger partial charge on any atom is 0.0483 e. The smallest absolute Gasteiger partial charge is 0.0483 e. The number of rotatable bonds is 5. The van der Waals surface area contributed by atoms with Gasteiger partial charge < -0.3 is 15.2 Å². The molecule has 1 aliphatic heterocycles. The molecular weight excluding hydrogens is 270 g/mol. The second kappa shape index (κ2) is 6.22. The molecule has 0 bridgehead atoms. The molecule has 1 aromatic heterocycles. The van der Waals surface area contributed by atoms with Crippen molar-refractivity contribution < 1.29 is 9.84 Å². The molecule has 2 aromatic rings. The van der Waals surface area contributed by atoms with Crippen LogP contribution in [0, 0.1) is 0 Å². The van der Waals surface area contributed by atoms with Crippen molar-refractivity contribution in [2.45, 2.75) is 31.3 Å². The van der Waals surface area contributed by atoms with E-state index in [9.17, 15) is 5.11 Å². The minimum absolute atomic E-state index is 0.0448. The van der Waals surface area contributed by atoms with E-state index in [-0.39, 0.29) is 12.1 Å². The van der Waals surface area contributed by atoms with Crippen LogP contribution in [-0.4, -0.2) is 30.5 Å². The fourth-order valence-electron chi connectivity index (χ4n) is 2.89. The topological polar surface area (TPSA) is 41.5 Å². The Morgan fingerprint density at radius 3 is 2.80 bits per heavy atom. The Kier molecular flexibility index (Phi) is 4.36. The molecule has 108 valence electrons. The summed E-state index contributed by atoms with van der Waals surface area (Å²) in [5.41, 5.74) is 0.0448. The first kappa shape index (κ1) is 14.0. The Balaban J connectivity index is 1.70. The second-order valence-corrected chi connectivity index (χ2v) is 6.64. The van der Waals surface area contributed by atoms with Gasteiger partial charge in [-0.05, 0) is 36.8 Å². The average molecular weight is 291 g/mol. The van der Waals surface area contributed by atoms with Crippen LogP contribution in [0.25, 0.3) is 10.1 Å². The fraction of sp³-hybridized carbons (Fsp3) is 0.500. The molecule has 2 N–H and O–H groups in total. The first-order valence-corrected chi connectivity index (χ1v) is 8.04. The summed E-state index contributed by atoms with van der Waals surface area (Å²) in [6.07, 6.45) is 2.78. The summed E-state index contributed by atoms with van der Waals surface area (Å²) >= 11 is 1.85. The minimum Gasteiger partial charge on any atom is -0.396 e.